The lowest BCUT2D eigenvalue weighted by Crippen LogP contribution is -2.60. The number of rotatable bonds is 5. The summed E-state index contributed by atoms with van der Waals surface area (Å²) in [5, 5.41) is 6.09. The highest BCUT2D eigenvalue weighted by Crippen LogP contribution is 2.35. The Labute approximate surface area is 236 Å². The molecule has 1 aliphatic heterocycles. The number of nitrogens with zero attached hydrogens (tertiary/aromatic N) is 3. The van der Waals surface area contributed by atoms with Crippen LogP contribution in [-0.4, -0.2) is 71.1 Å². The number of nitrogens with one attached hydrogen (secondary N) is 2. The minimum absolute atomic E-state index is 0.0792. The summed E-state index contributed by atoms with van der Waals surface area (Å²) in [6, 6.07) is 11.4. The van der Waals surface area contributed by atoms with Crippen molar-refractivity contribution >= 4 is 23.6 Å². The minimum atomic E-state index is -1.23. The second-order valence-electron chi connectivity index (χ2n) is 11.2. The van der Waals surface area contributed by atoms with E-state index in [1.54, 1.807) is 28.3 Å². The highest BCUT2D eigenvalue weighted by atomic mass is 16.2. The molecule has 1 aromatic carbocycles. The van der Waals surface area contributed by atoms with E-state index in [2.05, 4.69) is 29.5 Å². The van der Waals surface area contributed by atoms with E-state index in [1.165, 1.54) is 0 Å². The van der Waals surface area contributed by atoms with Gasteiger partial charge in [0.2, 0.25) is 17.7 Å². The third-order valence-corrected chi connectivity index (χ3v) is 7.80. The molecule has 1 aliphatic carbocycles. The van der Waals surface area contributed by atoms with Gasteiger partial charge >= 0.3 is 0 Å². The molecule has 4 rings (SSSR count). The van der Waals surface area contributed by atoms with Crippen LogP contribution in [0.25, 0.3) is 0 Å². The fourth-order valence-electron chi connectivity index (χ4n) is 5.60. The largest absolute Gasteiger partial charge is 0.352 e. The van der Waals surface area contributed by atoms with E-state index in [4.69, 9.17) is 0 Å². The third-order valence-electron chi connectivity index (χ3n) is 7.80. The van der Waals surface area contributed by atoms with E-state index in [9.17, 15) is 19.2 Å². The lowest BCUT2D eigenvalue weighted by atomic mass is 9.75. The van der Waals surface area contributed by atoms with Gasteiger partial charge in [0.1, 0.15) is 5.54 Å². The van der Waals surface area contributed by atoms with Crippen LogP contribution in [0.5, 0.6) is 0 Å². The molecule has 0 saturated carbocycles. The maximum absolute atomic E-state index is 13.9. The van der Waals surface area contributed by atoms with Gasteiger partial charge in [-0.15, -0.1) is 0 Å². The molecule has 1 spiro atoms. The normalized spacial score (nSPS) is 21.0. The third kappa shape index (κ3) is 7.25. The van der Waals surface area contributed by atoms with Gasteiger partial charge in [-0.25, -0.2) is 0 Å². The Morgan fingerprint density at radius 3 is 2.65 bits per heavy atom. The molecule has 1 fully saturated rings. The van der Waals surface area contributed by atoms with Crippen LogP contribution in [0.15, 0.2) is 48.8 Å². The van der Waals surface area contributed by atoms with Crippen molar-refractivity contribution in [1.82, 2.24) is 25.4 Å². The van der Waals surface area contributed by atoms with Gasteiger partial charge in [-0.05, 0) is 60.8 Å². The fourth-order valence-corrected chi connectivity index (χ4v) is 5.60. The van der Waals surface area contributed by atoms with Crippen LogP contribution in [0, 0.1) is 5.92 Å². The van der Waals surface area contributed by atoms with Gasteiger partial charge in [-0.3, -0.25) is 24.2 Å². The van der Waals surface area contributed by atoms with Gasteiger partial charge in [-0.1, -0.05) is 44.2 Å². The van der Waals surface area contributed by atoms with Crippen LogP contribution in [0.1, 0.15) is 62.6 Å². The minimum Gasteiger partial charge on any atom is -0.352 e. The maximum atomic E-state index is 13.9. The Morgan fingerprint density at radius 2 is 1.88 bits per heavy atom. The van der Waals surface area contributed by atoms with Gasteiger partial charge < -0.3 is 20.4 Å². The molecule has 1 aromatic heterocycles. The Kier molecular flexibility index (Phi) is 9.90. The lowest BCUT2D eigenvalue weighted by molar-refractivity contribution is -0.140. The second kappa shape index (κ2) is 13.5. The molecule has 9 nitrogen and oxygen atoms in total. The van der Waals surface area contributed by atoms with Crippen molar-refractivity contribution in [3.05, 3.63) is 65.5 Å². The van der Waals surface area contributed by atoms with Crippen LogP contribution in [-0.2, 0) is 37.6 Å². The molecule has 1 unspecified atom stereocenters. The molecule has 0 bridgehead atoms. The summed E-state index contributed by atoms with van der Waals surface area (Å²) in [5.74, 6) is -0.453. The molecule has 2 N–H and O–H groups in total. The molecular formula is C31H41N5O4. The molecule has 2 heterocycles. The summed E-state index contributed by atoms with van der Waals surface area (Å²) < 4.78 is 0. The molecule has 0 radical (unpaired) electrons. The van der Waals surface area contributed by atoms with Crippen LogP contribution in [0.2, 0.25) is 0 Å². The number of carbonyl (C=O) groups excluding carboxylic acids is 4. The van der Waals surface area contributed by atoms with Gasteiger partial charge in [0.25, 0.3) is 5.91 Å². The number of hydrogen-bond acceptors (Lipinski definition) is 5. The summed E-state index contributed by atoms with van der Waals surface area (Å²) in [4.78, 5) is 61.3. The molecule has 9 heteroatoms. The highest BCUT2D eigenvalue weighted by Gasteiger charge is 2.44. The smallest absolute Gasteiger partial charge is 0.250 e. The number of carbonyl (C=O) groups is 4. The van der Waals surface area contributed by atoms with Crippen LogP contribution in [0.3, 0.4) is 0 Å². The number of pyridine rings is 1. The molecule has 1 saturated heterocycles. The average Bonchev–Trinajstić information content (AvgIpc) is 2.94. The molecule has 214 valence electrons. The van der Waals surface area contributed by atoms with Crippen LogP contribution in [0.4, 0.5) is 0 Å². The van der Waals surface area contributed by atoms with E-state index in [0.29, 0.717) is 38.4 Å². The zero-order chi connectivity index (χ0) is 28.5. The number of fused-ring (bicyclic) bond motifs is 2. The molecule has 2 aliphatic rings. The Bertz CT molecular complexity index is 1200. The Balaban J connectivity index is 1.61. The molecule has 4 amide bonds. The van der Waals surface area contributed by atoms with Gasteiger partial charge in [-0.2, -0.15) is 0 Å². The van der Waals surface area contributed by atoms with E-state index >= 15 is 0 Å². The second-order valence-corrected chi connectivity index (χ2v) is 11.2. The van der Waals surface area contributed by atoms with Crippen molar-refractivity contribution < 1.29 is 19.2 Å². The van der Waals surface area contributed by atoms with Crippen LogP contribution >= 0.6 is 0 Å². The first-order valence-corrected chi connectivity index (χ1v) is 14.4. The van der Waals surface area contributed by atoms with Crippen molar-refractivity contribution in [3.8, 4) is 0 Å². The number of aromatic nitrogens is 1. The lowest BCUT2D eigenvalue weighted by Gasteiger charge is -2.39. The summed E-state index contributed by atoms with van der Waals surface area (Å²) in [6.07, 6.45) is 7.06. The molecule has 40 heavy (non-hydrogen) atoms. The Hall–Kier alpha value is -3.75. The number of amides is 4. The standard InChI is InChI=1S/C31H41N5O4/c1-23(2)13-18-36-22-27(37)34-31(14-5-10-25-9-3-4-11-26(25)31)30(40)33-16-19-35(17-7-12-28(36)38)29(39)20-24-8-6-15-32-21-24/h3-4,6,8-9,11,15,21,23H,5,7,10,12-14,16-20,22H2,1-2H3,(H,33,40)(H,34,37). The quantitative estimate of drug-likeness (QED) is 0.598. The van der Waals surface area contributed by atoms with E-state index in [-0.39, 0.29) is 49.6 Å². The summed E-state index contributed by atoms with van der Waals surface area (Å²) in [7, 11) is 0. The maximum Gasteiger partial charge on any atom is 0.250 e. The Morgan fingerprint density at radius 1 is 1.05 bits per heavy atom. The van der Waals surface area contributed by atoms with E-state index in [0.717, 1.165) is 36.0 Å². The number of benzene rings is 1. The average molecular weight is 548 g/mol. The SMILES string of the molecule is CC(C)CCN1CC(=O)NC2(CCCc3ccccc32)C(=O)NCCN(C(=O)Cc2cccnc2)CCCC1=O. The first-order valence-electron chi connectivity index (χ1n) is 14.4. The van der Waals surface area contributed by atoms with Crippen LogP contribution < -0.4 is 10.6 Å². The zero-order valence-electron chi connectivity index (χ0n) is 23.7. The topological polar surface area (TPSA) is 112 Å². The first kappa shape index (κ1) is 29.2. The number of aryl methyl sites for hydroxylation is 1. The van der Waals surface area contributed by atoms with Gasteiger partial charge in [0.15, 0.2) is 0 Å². The van der Waals surface area contributed by atoms with Crippen molar-refractivity contribution in [3.63, 3.8) is 0 Å². The predicted molar refractivity (Wildman–Crippen MR) is 152 cm³/mol. The zero-order valence-corrected chi connectivity index (χ0v) is 23.7. The van der Waals surface area contributed by atoms with Crippen molar-refractivity contribution in [2.24, 2.45) is 5.92 Å². The number of hydrogen-bond donors (Lipinski definition) is 2. The van der Waals surface area contributed by atoms with E-state index in [1.807, 2.05) is 30.3 Å². The molecular weight excluding hydrogens is 506 g/mol. The molecule has 1 atom stereocenters. The first-order chi connectivity index (χ1) is 19.3. The fraction of sp³-hybridized carbons (Fsp3) is 0.516. The van der Waals surface area contributed by atoms with Crippen molar-refractivity contribution in [2.45, 2.75) is 64.3 Å². The van der Waals surface area contributed by atoms with Gasteiger partial charge in [0.05, 0.1) is 13.0 Å². The molecule has 2 aromatic rings. The van der Waals surface area contributed by atoms with Crippen molar-refractivity contribution in [1.29, 1.82) is 0 Å². The summed E-state index contributed by atoms with van der Waals surface area (Å²) >= 11 is 0. The predicted octanol–water partition coefficient (Wildman–Crippen LogP) is 2.59. The van der Waals surface area contributed by atoms with Gasteiger partial charge in [0, 0.05) is 45.0 Å². The van der Waals surface area contributed by atoms with E-state index < -0.39 is 5.54 Å². The summed E-state index contributed by atoms with van der Waals surface area (Å²) in [6.45, 7) is 5.46. The summed E-state index contributed by atoms with van der Waals surface area (Å²) in [5.41, 5.74) is 1.41. The monoisotopic (exact) mass is 547 g/mol. The van der Waals surface area contributed by atoms with Crippen molar-refractivity contribution in [2.75, 3.05) is 32.7 Å². The highest BCUT2D eigenvalue weighted by molar-refractivity contribution is 5.94.